The highest BCUT2D eigenvalue weighted by Gasteiger charge is 2.19. The van der Waals surface area contributed by atoms with Gasteiger partial charge in [0.2, 0.25) is 0 Å². The molecule has 2 fully saturated rings. The molecule has 3 heteroatoms. The van der Waals surface area contributed by atoms with Gasteiger partial charge in [0.05, 0.1) is 6.61 Å². The third kappa shape index (κ3) is 7.28. The Morgan fingerprint density at radius 3 is 2.68 bits per heavy atom. The molecule has 0 spiro atoms. The maximum atomic E-state index is 5.54. The van der Waals surface area contributed by atoms with Crippen molar-refractivity contribution in [2.45, 2.75) is 57.4 Å². The number of nitrogens with one attached hydrogen (secondary N) is 1. The molecule has 1 N–H and O–H groups in total. The van der Waals surface area contributed by atoms with Crippen LogP contribution in [0.4, 0.5) is 0 Å². The SMILES string of the molecule is CN(CCCCCCNC1CC1)CC1CCCOC1. The van der Waals surface area contributed by atoms with Gasteiger partial charge in [0.1, 0.15) is 0 Å². The number of unbranched alkanes of at least 4 members (excludes halogenated alkanes) is 3. The zero-order valence-corrected chi connectivity index (χ0v) is 12.7. The summed E-state index contributed by atoms with van der Waals surface area (Å²) in [7, 11) is 2.27. The Bertz CT molecular complexity index is 225. The average Bonchev–Trinajstić information content (AvgIpc) is 3.23. The monoisotopic (exact) mass is 268 g/mol. The first kappa shape index (κ1) is 15.3. The van der Waals surface area contributed by atoms with E-state index in [2.05, 4.69) is 17.3 Å². The van der Waals surface area contributed by atoms with Gasteiger partial charge < -0.3 is 15.0 Å². The van der Waals surface area contributed by atoms with Crippen molar-refractivity contribution in [3.63, 3.8) is 0 Å². The second kappa shape index (κ2) is 8.93. The van der Waals surface area contributed by atoms with Crippen LogP contribution >= 0.6 is 0 Å². The lowest BCUT2D eigenvalue weighted by molar-refractivity contribution is 0.0419. The summed E-state index contributed by atoms with van der Waals surface area (Å²) in [6, 6.07) is 0.879. The fraction of sp³-hybridized carbons (Fsp3) is 1.00. The van der Waals surface area contributed by atoms with E-state index in [0.29, 0.717) is 0 Å². The molecule has 0 amide bonds. The summed E-state index contributed by atoms with van der Waals surface area (Å²) in [5.41, 5.74) is 0. The van der Waals surface area contributed by atoms with Crippen LogP contribution < -0.4 is 5.32 Å². The number of ether oxygens (including phenoxy) is 1. The van der Waals surface area contributed by atoms with Gasteiger partial charge in [-0.1, -0.05) is 12.8 Å². The van der Waals surface area contributed by atoms with E-state index < -0.39 is 0 Å². The van der Waals surface area contributed by atoms with E-state index in [1.807, 2.05) is 0 Å². The Morgan fingerprint density at radius 1 is 1.11 bits per heavy atom. The Labute approximate surface area is 119 Å². The second-order valence-electron chi connectivity index (χ2n) is 6.49. The summed E-state index contributed by atoms with van der Waals surface area (Å²) in [6.45, 7) is 5.68. The molecule has 112 valence electrons. The van der Waals surface area contributed by atoms with Crippen molar-refractivity contribution in [1.82, 2.24) is 10.2 Å². The molecule has 3 nitrogen and oxygen atoms in total. The zero-order chi connectivity index (χ0) is 13.3. The molecule has 1 unspecified atom stereocenters. The molecule has 1 aliphatic heterocycles. The van der Waals surface area contributed by atoms with Crippen LogP contribution in [-0.2, 0) is 4.74 Å². The highest BCUT2D eigenvalue weighted by Crippen LogP contribution is 2.18. The van der Waals surface area contributed by atoms with Crippen LogP contribution in [0.3, 0.4) is 0 Å². The maximum Gasteiger partial charge on any atom is 0.0506 e. The normalized spacial score (nSPS) is 24.0. The van der Waals surface area contributed by atoms with Crippen LogP contribution in [0.1, 0.15) is 51.4 Å². The van der Waals surface area contributed by atoms with Crippen molar-refractivity contribution in [3.05, 3.63) is 0 Å². The summed E-state index contributed by atoms with van der Waals surface area (Å²) in [5, 5.41) is 3.59. The Morgan fingerprint density at radius 2 is 1.95 bits per heavy atom. The minimum absolute atomic E-state index is 0.779. The highest BCUT2D eigenvalue weighted by atomic mass is 16.5. The lowest BCUT2D eigenvalue weighted by atomic mass is 10.0. The van der Waals surface area contributed by atoms with Gasteiger partial charge in [0, 0.05) is 19.2 Å². The molecule has 0 radical (unpaired) electrons. The minimum Gasteiger partial charge on any atom is -0.381 e. The van der Waals surface area contributed by atoms with Crippen LogP contribution in [0.5, 0.6) is 0 Å². The van der Waals surface area contributed by atoms with Crippen LogP contribution in [0, 0.1) is 5.92 Å². The largest absolute Gasteiger partial charge is 0.381 e. The van der Waals surface area contributed by atoms with Crippen LogP contribution in [0.15, 0.2) is 0 Å². The van der Waals surface area contributed by atoms with Crippen LogP contribution in [0.2, 0.25) is 0 Å². The van der Waals surface area contributed by atoms with E-state index in [1.54, 1.807) is 0 Å². The van der Waals surface area contributed by atoms with E-state index in [9.17, 15) is 0 Å². The lowest BCUT2D eigenvalue weighted by Gasteiger charge is -2.27. The van der Waals surface area contributed by atoms with Gasteiger partial charge in [-0.05, 0) is 64.6 Å². The van der Waals surface area contributed by atoms with E-state index in [0.717, 1.165) is 25.2 Å². The number of nitrogens with zero attached hydrogens (tertiary/aromatic N) is 1. The van der Waals surface area contributed by atoms with Crippen LogP contribution in [0.25, 0.3) is 0 Å². The number of hydrogen-bond acceptors (Lipinski definition) is 3. The molecule has 0 aromatic rings. The first-order valence-electron chi connectivity index (χ1n) is 8.34. The molecule has 1 saturated heterocycles. The third-order valence-electron chi connectivity index (χ3n) is 4.30. The quantitative estimate of drug-likeness (QED) is 0.617. The van der Waals surface area contributed by atoms with E-state index in [-0.39, 0.29) is 0 Å². The molecule has 0 bridgehead atoms. The van der Waals surface area contributed by atoms with E-state index in [1.165, 1.54) is 71.0 Å². The summed E-state index contributed by atoms with van der Waals surface area (Å²) < 4.78 is 5.54. The first-order chi connectivity index (χ1) is 9.34. The zero-order valence-electron chi connectivity index (χ0n) is 12.7. The molecular weight excluding hydrogens is 236 g/mol. The lowest BCUT2D eigenvalue weighted by Crippen LogP contribution is -2.31. The molecule has 1 atom stereocenters. The molecule has 0 aromatic carbocycles. The average molecular weight is 268 g/mol. The molecule has 1 saturated carbocycles. The Kier molecular flexibility index (Phi) is 7.18. The van der Waals surface area contributed by atoms with Gasteiger partial charge in [0.15, 0.2) is 0 Å². The Balaban J connectivity index is 1.36. The van der Waals surface area contributed by atoms with Gasteiger partial charge in [-0.2, -0.15) is 0 Å². The topological polar surface area (TPSA) is 24.5 Å². The summed E-state index contributed by atoms with van der Waals surface area (Å²) >= 11 is 0. The van der Waals surface area contributed by atoms with Crippen molar-refractivity contribution < 1.29 is 4.74 Å². The first-order valence-corrected chi connectivity index (χ1v) is 8.34. The van der Waals surface area contributed by atoms with Gasteiger partial charge in [-0.25, -0.2) is 0 Å². The smallest absolute Gasteiger partial charge is 0.0506 e. The Hall–Kier alpha value is -0.120. The van der Waals surface area contributed by atoms with Crippen molar-refractivity contribution >= 4 is 0 Å². The van der Waals surface area contributed by atoms with E-state index >= 15 is 0 Å². The summed E-state index contributed by atoms with van der Waals surface area (Å²) in [6.07, 6.45) is 10.9. The third-order valence-corrected chi connectivity index (χ3v) is 4.30. The summed E-state index contributed by atoms with van der Waals surface area (Å²) in [5.74, 6) is 0.779. The van der Waals surface area contributed by atoms with Gasteiger partial charge in [-0.15, -0.1) is 0 Å². The predicted molar refractivity (Wildman–Crippen MR) is 80.5 cm³/mol. The summed E-state index contributed by atoms with van der Waals surface area (Å²) in [4.78, 5) is 2.50. The second-order valence-corrected chi connectivity index (χ2v) is 6.49. The van der Waals surface area contributed by atoms with Crippen molar-refractivity contribution in [2.24, 2.45) is 5.92 Å². The molecule has 1 aliphatic carbocycles. The molecule has 2 rings (SSSR count). The highest BCUT2D eigenvalue weighted by molar-refractivity contribution is 4.80. The molecule has 19 heavy (non-hydrogen) atoms. The van der Waals surface area contributed by atoms with Gasteiger partial charge in [0.25, 0.3) is 0 Å². The van der Waals surface area contributed by atoms with Crippen molar-refractivity contribution in [2.75, 3.05) is 39.9 Å². The molecule has 0 aromatic heterocycles. The van der Waals surface area contributed by atoms with Crippen molar-refractivity contribution in [1.29, 1.82) is 0 Å². The van der Waals surface area contributed by atoms with Crippen molar-refractivity contribution in [3.8, 4) is 0 Å². The standard InChI is InChI=1S/C16H32N2O/c1-18(13-15-7-6-12-19-14-15)11-5-3-2-4-10-17-16-8-9-16/h15-17H,2-14H2,1H3. The number of rotatable bonds is 10. The maximum absolute atomic E-state index is 5.54. The van der Waals surface area contributed by atoms with Gasteiger partial charge in [-0.3, -0.25) is 0 Å². The minimum atomic E-state index is 0.779. The van der Waals surface area contributed by atoms with Crippen LogP contribution in [-0.4, -0.2) is 50.8 Å². The number of hydrogen-bond donors (Lipinski definition) is 1. The fourth-order valence-electron chi connectivity index (χ4n) is 2.94. The molecule has 2 aliphatic rings. The molecular formula is C16H32N2O. The fourth-order valence-corrected chi connectivity index (χ4v) is 2.94. The van der Waals surface area contributed by atoms with Gasteiger partial charge >= 0.3 is 0 Å². The van der Waals surface area contributed by atoms with E-state index in [4.69, 9.17) is 4.74 Å². The molecule has 1 heterocycles. The predicted octanol–water partition coefficient (Wildman–Crippen LogP) is 2.66.